The van der Waals surface area contributed by atoms with E-state index in [-0.39, 0.29) is 0 Å². The third kappa shape index (κ3) is 3.91. The van der Waals surface area contributed by atoms with Gasteiger partial charge in [-0.3, -0.25) is 4.98 Å². The molecule has 3 N–H and O–H groups in total. The topological polar surface area (TPSA) is 50.9 Å². The van der Waals surface area contributed by atoms with Crippen molar-refractivity contribution in [2.24, 2.45) is 5.73 Å². The highest BCUT2D eigenvalue weighted by atomic mass is 35.5. The lowest BCUT2D eigenvalue weighted by atomic mass is 10.1. The molecule has 0 amide bonds. The minimum absolute atomic E-state index is 0.362. The number of benzene rings is 1. The van der Waals surface area contributed by atoms with Gasteiger partial charge in [0.05, 0.1) is 0 Å². The Hall–Kier alpha value is -1.65. The van der Waals surface area contributed by atoms with Crippen LogP contribution in [0.1, 0.15) is 11.1 Å². The standard InChI is InChI=1S/C14H14ClN3S/c15-11-3-4-12(14(16)19)13(8-11)18-7-5-10-2-1-6-17-9-10/h1-4,6,8-9,18H,5,7H2,(H2,16,19). The number of nitrogens with two attached hydrogens (primary N) is 1. The minimum Gasteiger partial charge on any atom is -0.389 e. The third-order valence-electron chi connectivity index (χ3n) is 2.70. The fourth-order valence-electron chi connectivity index (χ4n) is 1.77. The van der Waals surface area contributed by atoms with Crippen LogP contribution < -0.4 is 11.1 Å². The molecular weight excluding hydrogens is 278 g/mol. The Bertz CT molecular complexity index is 572. The number of anilines is 1. The fraction of sp³-hybridized carbons (Fsp3) is 0.143. The number of hydrogen-bond donors (Lipinski definition) is 2. The molecule has 0 saturated heterocycles. The Morgan fingerprint density at radius 2 is 2.21 bits per heavy atom. The molecule has 2 aromatic rings. The molecule has 2 rings (SSSR count). The van der Waals surface area contributed by atoms with E-state index in [2.05, 4.69) is 10.3 Å². The van der Waals surface area contributed by atoms with Gasteiger partial charge in [0.15, 0.2) is 0 Å². The summed E-state index contributed by atoms with van der Waals surface area (Å²) >= 11 is 11.0. The van der Waals surface area contributed by atoms with E-state index in [0.717, 1.165) is 24.2 Å². The van der Waals surface area contributed by atoms with E-state index in [1.807, 2.05) is 30.5 Å². The van der Waals surface area contributed by atoms with Gasteiger partial charge < -0.3 is 11.1 Å². The molecule has 1 aromatic heterocycles. The molecule has 1 heterocycles. The van der Waals surface area contributed by atoms with Gasteiger partial charge in [0, 0.05) is 35.2 Å². The van der Waals surface area contributed by atoms with Gasteiger partial charge in [0.1, 0.15) is 4.99 Å². The maximum Gasteiger partial charge on any atom is 0.106 e. The number of rotatable bonds is 5. The van der Waals surface area contributed by atoms with Crippen molar-refractivity contribution in [2.75, 3.05) is 11.9 Å². The first-order chi connectivity index (χ1) is 9.16. The molecule has 1 aromatic carbocycles. The molecule has 0 fully saturated rings. The number of nitrogens with zero attached hydrogens (tertiary/aromatic N) is 1. The molecular formula is C14H14ClN3S. The number of thiocarbonyl (C=S) groups is 1. The van der Waals surface area contributed by atoms with Crippen LogP contribution in [0.15, 0.2) is 42.7 Å². The average Bonchev–Trinajstić information content (AvgIpc) is 2.39. The van der Waals surface area contributed by atoms with Crippen molar-refractivity contribution in [3.05, 3.63) is 58.9 Å². The van der Waals surface area contributed by atoms with Gasteiger partial charge in [-0.15, -0.1) is 0 Å². The van der Waals surface area contributed by atoms with Crippen molar-refractivity contribution in [3.8, 4) is 0 Å². The third-order valence-corrected chi connectivity index (χ3v) is 3.15. The highest BCUT2D eigenvalue weighted by molar-refractivity contribution is 7.80. The van der Waals surface area contributed by atoms with E-state index in [0.29, 0.717) is 10.0 Å². The highest BCUT2D eigenvalue weighted by Gasteiger charge is 2.05. The Kier molecular flexibility index (Phi) is 4.71. The van der Waals surface area contributed by atoms with Crippen LogP contribution in [0.4, 0.5) is 5.69 Å². The predicted molar refractivity (Wildman–Crippen MR) is 83.8 cm³/mol. The van der Waals surface area contributed by atoms with Crippen LogP contribution in [-0.4, -0.2) is 16.5 Å². The molecule has 0 bridgehead atoms. The number of halogens is 1. The van der Waals surface area contributed by atoms with E-state index in [1.165, 1.54) is 5.56 Å². The van der Waals surface area contributed by atoms with Gasteiger partial charge >= 0.3 is 0 Å². The quantitative estimate of drug-likeness (QED) is 0.832. The summed E-state index contributed by atoms with van der Waals surface area (Å²) in [6, 6.07) is 9.41. The van der Waals surface area contributed by atoms with Crippen molar-refractivity contribution in [2.45, 2.75) is 6.42 Å². The number of pyridine rings is 1. The Morgan fingerprint density at radius 3 is 2.89 bits per heavy atom. The highest BCUT2D eigenvalue weighted by Crippen LogP contribution is 2.21. The molecule has 0 aliphatic rings. The molecule has 0 unspecified atom stereocenters. The van der Waals surface area contributed by atoms with E-state index >= 15 is 0 Å². The molecule has 0 spiro atoms. The number of hydrogen-bond acceptors (Lipinski definition) is 3. The summed E-state index contributed by atoms with van der Waals surface area (Å²) in [5, 5.41) is 3.96. The molecule has 0 aliphatic heterocycles. The van der Waals surface area contributed by atoms with Crippen LogP contribution in [0.3, 0.4) is 0 Å². The number of aromatic nitrogens is 1. The van der Waals surface area contributed by atoms with Crippen molar-refractivity contribution in [1.29, 1.82) is 0 Å². The smallest absolute Gasteiger partial charge is 0.106 e. The maximum atomic E-state index is 5.98. The molecule has 0 saturated carbocycles. The maximum absolute atomic E-state index is 5.98. The predicted octanol–water partition coefficient (Wildman–Crippen LogP) is 3.02. The Balaban J connectivity index is 2.03. The van der Waals surface area contributed by atoms with E-state index in [1.54, 1.807) is 12.3 Å². The molecule has 3 nitrogen and oxygen atoms in total. The molecule has 19 heavy (non-hydrogen) atoms. The van der Waals surface area contributed by atoms with Crippen LogP contribution in [0.5, 0.6) is 0 Å². The van der Waals surface area contributed by atoms with Crippen LogP contribution in [0.25, 0.3) is 0 Å². The molecule has 0 aliphatic carbocycles. The van der Waals surface area contributed by atoms with Crippen molar-refractivity contribution in [3.63, 3.8) is 0 Å². The van der Waals surface area contributed by atoms with Gasteiger partial charge in [-0.2, -0.15) is 0 Å². The minimum atomic E-state index is 0.362. The SMILES string of the molecule is NC(=S)c1ccc(Cl)cc1NCCc1cccnc1. The summed E-state index contributed by atoms with van der Waals surface area (Å²) < 4.78 is 0. The lowest BCUT2D eigenvalue weighted by molar-refractivity contribution is 1.00. The lowest BCUT2D eigenvalue weighted by Gasteiger charge is -2.11. The zero-order valence-electron chi connectivity index (χ0n) is 10.3. The largest absolute Gasteiger partial charge is 0.389 e. The second-order valence-corrected chi connectivity index (χ2v) is 4.97. The van der Waals surface area contributed by atoms with Crippen LogP contribution in [-0.2, 0) is 6.42 Å². The van der Waals surface area contributed by atoms with Gasteiger partial charge in [-0.05, 0) is 36.2 Å². The summed E-state index contributed by atoms with van der Waals surface area (Å²) in [7, 11) is 0. The second-order valence-electron chi connectivity index (χ2n) is 4.09. The van der Waals surface area contributed by atoms with Gasteiger partial charge in [-0.1, -0.05) is 29.9 Å². The zero-order valence-corrected chi connectivity index (χ0v) is 11.8. The average molecular weight is 292 g/mol. The van der Waals surface area contributed by atoms with E-state index in [9.17, 15) is 0 Å². The summed E-state index contributed by atoms with van der Waals surface area (Å²) in [6.07, 6.45) is 4.49. The van der Waals surface area contributed by atoms with Gasteiger partial charge in [0.2, 0.25) is 0 Å². The van der Waals surface area contributed by atoms with Crippen LogP contribution in [0.2, 0.25) is 5.02 Å². The van der Waals surface area contributed by atoms with E-state index < -0.39 is 0 Å². The van der Waals surface area contributed by atoms with Crippen molar-refractivity contribution >= 4 is 34.5 Å². The summed E-state index contributed by atoms with van der Waals surface area (Å²) in [5.74, 6) is 0. The van der Waals surface area contributed by atoms with Crippen LogP contribution >= 0.6 is 23.8 Å². The lowest BCUT2D eigenvalue weighted by Crippen LogP contribution is -2.14. The first kappa shape index (κ1) is 13.8. The van der Waals surface area contributed by atoms with E-state index in [4.69, 9.17) is 29.6 Å². The van der Waals surface area contributed by atoms with Crippen molar-refractivity contribution < 1.29 is 0 Å². The summed E-state index contributed by atoms with van der Waals surface area (Å²) in [5.41, 5.74) is 8.54. The molecule has 0 atom stereocenters. The van der Waals surface area contributed by atoms with Gasteiger partial charge in [0.25, 0.3) is 0 Å². The molecule has 0 radical (unpaired) electrons. The van der Waals surface area contributed by atoms with Crippen molar-refractivity contribution in [1.82, 2.24) is 4.98 Å². The molecule has 98 valence electrons. The Labute approximate surface area is 122 Å². The first-order valence-corrected chi connectivity index (χ1v) is 6.67. The molecule has 5 heteroatoms. The first-order valence-electron chi connectivity index (χ1n) is 5.89. The summed E-state index contributed by atoms with van der Waals surface area (Å²) in [4.78, 5) is 4.44. The fourth-order valence-corrected chi connectivity index (χ4v) is 2.12. The summed E-state index contributed by atoms with van der Waals surface area (Å²) in [6.45, 7) is 0.766. The van der Waals surface area contributed by atoms with Gasteiger partial charge in [-0.25, -0.2) is 0 Å². The zero-order chi connectivity index (χ0) is 13.7. The van der Waals surface area contributed by atoms with Crippen LogP contribution in [0, 0.1) is 0 Å². The monoisotopic (exact) mass is 291 g/mol. The second kappa shape index (κ2) is 6.50. The number of nitrogens with one attached hydrogen (secondary N) is 1. The normalized spacial score (nSPS) is 10.2. The Morgan fingerprint density at radius 1 is 1.37 bits per heavy atom.